The molecule has 0 bridgehead atoms. The Kier molecular flexibility index (Phi) is 5.24. The maximum absolute atomic E-state index is 12.8. The summed E-state index contributed by atoms with van der Waals surface area (Å²) in [5, 5.41) is 0. The summed E-state index contributed by atoms with van der Waals surface area (Å²) in [7, 11) is -0.894. The summed E-state index contributed by atoms with van der Waals surface area (Å²) in [4.78, 5) is 4.06. The van der Waals surface area contributed by atoms with Crippen LogP contribution in [0.4, 0.5) is 0 Å². The molecule has 1 aromatic heterocycles. The van der Waals surface area contributed by atoms with Crippen molar-refractivity contribution in [1.29, 1.82) is 0 Å². The zero-order valence-corrected chi connectivity index (χ0v) is 15.2. The van der Waals surface area contributed by atoms with Crippen molar-refractivity contribution in [3.05, 3.63) is 66.7 Å². The van der Waals surface area contributed by atoms with E-state index in [-0.39, 0.29) is 17.2 Å². The monoisotopic (exact) mass is 373 g/mol. The van der Waals surface area contributed by atoms with Crippen molar-refractivity contribution in [3.63, 3.8) is 0 Å². The standard InChI is InChI=1S/C18H19N3O4S/c1-24-15-7-8-17(25-2)18(11-15)26(22,23)20-12-14-5-3-4-6-16(14)21-10-9-19-13-21/h3-11,13,20H,12H2,1-2H3. The third-order valence-corrected chi connectivity index (χ3v) is 5.31. The van der Waals surface area contributed by atoms with E-state index in [4.69, 9.17) is 9.47 Å². The topological polar surface area (TPSA) is 82.5 Å². The van der Waals surface area contributed by atoms with E-state index in [2.05, 4.69) is 9.71 Å². The number of hydrogen-bond acceptors (Lipinski definition) is 5. The summed E-state index contributed by atoms with van der Waals surface area (Å²) < 4.78 is 40.3. The molecule has 1 N–H and O–H groups in total. The number of imidazole rings is 1. The molecule has 136 valence electrons. The highest BCUT2D eigenvalue weighted by Crippen LogP contribution is 2.28. The largest absolute Gasteiger partial charge is 0.497 e. The first kappa shape index (κ1) is 18.0. The van der Waals surface area contributed by atoms with Gasteiger partial charge in [0.25, 0.3) is 0 Å². The van der Waals surface area contributed by atoms with Crippen molar-refractivity contribution in [2.24, 2.45) is 0 Å². The zero-order valence-electron chi connectivity index (χ0n) is 14.4. The van der Waals surface area contributed by atoms with Gasteiger partial charge < -0.3 is 14.0 Å². The SMILES string of the molecule is COc1ccc(OC)c(S(=O)(=O)NCc2ccccc2-n2ccnc2)c1. The van der Waals surface area contributed by atoms with Crippen LogP contribution in [0.3, 0.4) is 0 Å². The van der Waals surface area contributed by atoms with Gasteiger partial charge in [-0.05, 0) is 23.8 Å². The van der Waals surface area contributed by atoms with E-state index in [0.29, 0.717) is 5.75 Å². The summed E-state index contributed by atoms with van der Waals surface area (Å²) >= 11 is 0. The lowest BCUT2D eigenvalue weighted by Crippen LogP contribution is -2.24. The fourth-order valence-electron chi connectivity index (χ4n) is 2.56. The molecule has 0 aliphatic heterocycles. The lowest BCUT2D eigenvalue weighted by atomic mass is 10.2. The average Bonchev–Trinajstić information content (AvgIpc) is 3.20. The van der Waals surface area contributed by atoms with Crippen LogP contribution in [-0.4, -0.2) is 32.2 Å². The normalized spacial score (nSPS) is 11.3. The fraction of sp³-hybridized carbons (Fsp3) is 0.167. The molecule has 26 heavy (non-hydrogen) atoms. The van der Waals surface area contributed by atoms with Crippen LogP contribution in [0.25, 0.3) is 5.69 Å². The molecule has 8 heteroatoms. The Morgan fingerprint density at radius 1 is 1.12 bits per heavy atom. The highest BCUT2D eigenvalue weighted by Gasteiger charge is 2.21. The Labute approximate surface area is 152 Å². The molecule has 3 aromatic rings. The van der Waals surface area contributed by atoms with E-state index in [1.54, 1.807) is 30.9 Å². The molecule has 0 fully saturated rings. The number of sulfonamides is 1. The third kappa shape index (κ3) is 3.71. The van der Waals surface area contributed by atoms with Crippen molar-refractivity contribution >= 4 is 10.0 Å². The Morgan fingerprint density at radius 3 is 2.62 bits per heavy atom. The minimum Gasteiger partial charge on any atom is -0.497 e. The Bertz CT molecular complexity index is 985. The van der Waals surface area contributed by atoms with Crippen molar-refractivity contribution in [2.45, 2.75) is 11.4 Å². The predicted molar refractivity (Wildman–Crippen MR) is 97.1 cm³/mol. The van der Waals surface area contributed by atoms with Crippen LogP contribution in [0.1, 0.15) is 5.56 Å². The van der Waals surface area contributed by atoms with Gasteiger partial charge in [0.15, 0.2) is 0 Å². The molecule has 0 atom stereocenters. The predicted octanol–water partition coefficient (Wildman–Crippen LogP) is 2.37. The minimum absolute atomic E-state index is 0.0273. The van der Waals surface area contributed by atoms with E-state index in [9.17, 15) is 8.42 Å². The Balaban J connectivity index is 1.89. The first-order chi connectivity index (χ1) is 12.5. The van der Waals surface area contributed by atoms with Crippen LogP contribution in [0, 0.1) is 0 Å². The maximum atomic E-state index is 12.8. The van der Waals surface area contributed by atoms with Crippen LogP contribution in [0.2, 0.25) is 0 Å². The molecule has 0 aliphatic rings. The van der Waals surface area contributed by atoms with Gasteiger partial charge in [0.2, 0.25) is 10.0 Å². The summed E-state index contributed by atoms with van der Waals surface area (Å²) in [6.07, 6.45) is 5.14. The molecular formula is C18H19N3O4S. The zero-order chi connectivity index (χ0) is 18.6. The second kappa shape index (κ2) is 7.59. The number of hydrogen-bond donors (Lipinski definition) is 1. The molecule has 0 radical (unpaired) electrons. The number of rotatable bonds is 7. The second-order valence-corrected chi connectivity index (χ2v) is 7.18. The van der Waals surface area contributed by atoms with Crippen LogP contribution in [0.15, 0.2) is 66.1 Å². The number of nitrogens with one attached hydrogen (secondary N) is 1. The number of aromatic nitrogens is 2. The van der Waals surface area contributed by atoms with E-state index < -0.39 is 10.0 Å². The Hall–Kier alpha value is -2.84. The second-order valence-electron chi connectivity index (χ2n) is 5.44. The minimum atomic E-state index is -3.80. The number of methoxy groups -OCH3 is 2. The molecule has 2 aromatic carbocycles. The quantitative estimate of drug-likeness (QED) is 0.687. The molecule has 1 heterocycles. The molecule has 0 amide bonds. The van der Waals surface area contributed by atoms with E-state index in [0.717, 1.165) is 11.3 Å². The molecule has 0 saturated carbocycles. The first-order valence-corrected chi connectivity index (χ1v) is 9.31. The van der Waals surface area contributed by atoms with Crippen LogP contribution in [0.5, 0.6) is 11.5 Å². The highest BCUT2D eigenvalue weighted by atomic mass is 32.2. The van der Waals surface area contributed by atoms with Gasteiger partial charge in [-0.15, -0.1) is 0 Å². The fourth-order valence-corrected chi connectivity index (χ4v) is 3.75. The third-order valence-electron chi connectivity index (χ3n) is 3.89. The van der Waals surface area contributed by atoms with Crippen molar-refractivity contribution in [2.75, 3.05) is 14.2 Å². The molecule has 0 saturated heterocycles. The van der Waals surface area contributed by atoms with E-state index in [1.165, 1.54) is 20.3 Å². The van der Waals surface area contributed by atoms with Crippen LogP contribution >= 0.6 is 0 Å². The number of para-hydroxylation sites is 1. The number of ether oxygens (including phenoxy) is 2. The van der Waals surface area contributed by atoms with E-state index in [1.807, 2.05) is 28.8 Å². The van der Waals surface area contributed by atoms with Crippen LogP contribution in [-0.2, 0) is 16.6 Å². The van der Waals surface area contributed by atoms with Gasteiger partial charge in [-0.25, -0.2) is 18.1 Å². The molecule has 0 aliphatic carbocycles. The smallest absolute Gasteiger partial charge is 0.244 e. The van der Waals surface area contributed by atoms with Crippen molar-refractivity contribution in [3.8, 4) is 17.2 Å². The van der Waals surface area contributed by atoms with Gasteiger partial charge in [0.05, 0.1) is 26.2 Å². The molecular weight excluding hydrogens is 354 g/mol. The molecule has 3 rings (SSSR count). The highest BCUT2D eigenvalue weighted by molar-refractivity contribution is 7.89. The molecule has 0 spiro atoms. The van der Waals surface area contributed by atoms with Gasteiger partial charge in [-0.1, -0.05) is 18.2 Å². The summed E-state index contributed by atoms with van der Waals surface area (Å²) in [5.41, 5.74) is 1.67. The Morgan fingerprint density at radius 2 is 1.92 bits per heavy atom. The van der Waals surface area contributed by atoms with Gasteiger partial charge >= 0.3 is 0 Å². The van der Waals surface area contributed by atoms with Gasteiger partial charge in [-0.2, -0.15) is 0 Å². The molecule has 0 unspecified atom stereocenters. The van der Waals surface area contributed by atoms with Crippen LogP contribution < -0.4 is 14.2 Å². The van der Waals surface area contributed by atoms with Gasteiger partial charge in [0.1, 0.15) is 16.4 Å². The first-order valence-electron chi connectivity index (χ1n) is 7.83. The maximum Gasteiger partial charge on any atom is 0.244 e. The van der Waals surface area contributed by atoms with Gasteiger partial charge in [0, 0.05) is 25.0 Å². The number of nitrogens with zero attached hydrogens (tertiary/aromatic N) is 2. The van der Waals surface area contributed by atoms with Crippen molar-refractivity contribution < 1.29 is 17.9 Å². The number of benzene rings is 2. The molecule has 7 nitrogen and oxygen atoms in total. The lowest BCUT2D eigenvalue weighted by molar-refractivity contribution is 0.392. The summed E-state index contributed by atoms with van der Waals surface area (Å²) in [6.45, 7) is 0.122. The summed E-state index contributed by atoms with van der Waals surface area (Å²) in [5.74, 6) is 0.686. The lowest BCUT2D eigenvalue weighted by Gasteiger charge is -2.14. The average molecular weight is 373 g/mol. The summed E-state index contributed by atoms with van der Waals surface area (Å²) in [6, 6.07) is 12.1. The van der Waals surface area contributed by atoms with E-state index >= 15 is 0 Å². The van der Waals surface area contributed by atoms with Gasteiger partial charge in [-0.3, -0.25) is 0 Å². The van der Waals surface area contributed by atoms with Crippen molar-refractivity contribution in [1.82, 2.24) is 14.3 Å².